The van der Waals surface area contributed by atoms with Crippen molar-refractivity contribution >= 4 is 31.9 Å². The first-order valence-electron chi connectivity index (χ1n) is 4.89. The average Bonchev–Trinajstić information content (AvgIpc) is 2.15. The van der Waals surface area contributed by atoms with E-state index in [1.54, 1.807) is 0 Å². The maximum atomic E-state index is 9.64. The second-order valence-electron chi connectivity index (χ2n) is 3.80. The maximum Gasteiger partial charge on any atom is 0.133 e. The van der Waals surface area contributed by atoms with E-state index in [9.17, 15) is 5.11 Å². The number of halogens is 2. The van der Waals surface area contributed by atoms with Crippen LogP contribution < -0.4 is 4.74 Å². The van der Waals surface area contributed by atoms with Gasteiger partial charge in [-0.3, -0.25) is 0 Å². The highest BCUT2D eigenvalue weighted by Gasteiger charge is 2.08. The average molecular weight is 353 g/mol. The first kappa shape index (κ1) is 14.0. The zero-order chi connectivity index (χ0) is 12.1. The lowest BCUT2D eigenvalue weighted by Crippen LogP contribution is -2.30. The molecule has 0 heterocycles. The molecule has 1 atom stereocenters. The highest BCUT2D eigenvalue weighted by molar-refractivity contribution is 9.11. The van der Waals surface area contributed by atoms with Crippen LogP contribution >= 0.6 is 31.9 Å². The van der Waals surface area contributed by atoms with Crippen LogP contribution in [-0.4, -0.2) is 43.4 Å². The molecule has 1 aromatic carbocycles. The van der Waals surface area contributed by atoms with Crippen LogP contribution in [0.15, 0.2) is 27.1 Å². The number of hydrogen-bond acceptors (Lipinski definition) is 3. The van der Waals surface area contributed by atoms with Crippen LogP contribution in [0.1, 0.15) is 0 Å². The van der Waals surface area contributed by atoms with Crippen molar-refractivity contribution in [2.45, 2.75) is 6.10 Å². The van der Waals surface area contributed by atoms with E-state index < -0.39 is 6.10 Å². The van der Waals surface area contributed by atoms with Gasteiger partial charge < -0.3 is 14.7 Å². The van der Waals surface area contributed by atoms with Gasteiger partial charge in [0.25, 0.3) is 0 Å². The number of rotatable bonds is 5. The molecule has 0 saturated carbocycles. The molecule has 0 aliphatic heterocycles. The van der Waals surface area contributed by atoms with Gasteiger partial charge in [-0.1, -0.05) is 15.9 Å². The quantitative estimate of drug-likeness (QED) is 0.883. The molecule has 1 unspecified atom stereocenters. The number of ether oxygens (including phenoxy) is 1. The van der Waals surface area contributed by atoms with Crippen molar-refractivity contribution in [1.29, 1.82) is 0 Å². The van der Waals surface area contributed by atoms with E-state index in [-0.39, 0.29) is 0 Å². The van der Waals surface area contributed by atoms with Gasteiger partial charge in [0, 0.05) is 11.0 Å². The fraction of sp³-hybridized carbons (Fsp3) is 0.455. The fourth-order valence-corrected chi connectivity index (χ4v) is 2.41. The Morgan fingerprint density at radius 1 is 1.38 bits per heavy atom. The van der Waals surface area contributed by atoms with Crippen molar-refractivity contribution in [3.63, 3.8) is 0 Å². The third-order valence-electron chi connectivity index (χ3n) is 1.90. The molecule has 90 valence electrons. The van der Waals surface area contributed by atoms with Crippen LogP contribution in [0.5, 0.6) is 5.75 Å². The summed E-state index contributed by atoms with van der Waals surface area (Å²) in [6, 6.07) is 5.67. The van der Waals surface area contributed by atoms with Gasteiger partial charge >= 0.3 is 0 Å². The van der Waals surface area contributed by atoms with Gasteiger partial charge in [-0.2, -0.15) is 0 Å². The minimum absolute atomic E-state index is 0.290. The molecule has 0 aromatic heterocycles. The lowest BCUT2D eigenvalue weighted by Gasteiger charge is -2.17. The van der Waals surface area contributed by atoms with Gasteiger partial charge in [0.2, 0.25) is 0 Å². The number of aliphatic hydroxyl groups excluding tert-OH is 1. The first-order valence-corrected chi connectivity index (χ1v) is 6.48. The Labute approximate surface area is 113 Å². The predicted octanol–water partition coefficient (Wildman–Crippen LogP) is 2.51. The normalized spacial score (nSPS) is 12.9. The second-order valence-corrected chi connectivity index (χ2v) is 5.57. The molecule has 3 nitrogen and oxygen atoms in total. The lowest BCUT2D eigenvalue weighted by molar-refractivity contribution is 0.0828. The summed E-state index contributed by atoms with van der Waals surface area (Å²) < 4.78 is 7.37. The standard InChI is InChI=1S/C11H15Br2NO2/c1-14(2)6-9(15)7-16-11-4-3-8(12)5-10(11)13/h3-5,9,15H,6-7H2,1-2H3. The number of aliphatic hydroxyl groups is 1. The van der Waals surface area contributed by atoms with E-state index >= 15 is 0 Å². The Balaban J connectivity index is 2.48. The van der Waals surface area contributed by atoms with Crippen molar-refractivity contribution in [3.8, 4) is 5.75 Å². The summed E-state index contributed by atoms with van der Waals surface area (Å²) >= 11 is 6.77. The van der Waals surface area contributed by atoms with E-state index in [0.717, 1.165) is 14.7 Å². The monoisotopic (exact) mass is 351 g/mol. The van der Waals surface area contributed by atoms with Crippen LogP contribution in [0.3, 0.4) is 0 Å². The van der Waals surface area contributed by atoms with Crippen molar-refractivity contribution < 1.29 is 9.84 Å². The lowest BCUT2D eigenvalue weighted by atomic mass is 10.3. The molecule has 5 heteroatoms. The predicted molar refractivity (Wildman–Crippen MR) is 71.9 cm³/mol. The molecule has 0 fully saturated rings. The van der Waals surface area contributed by atoms with Crippen molar-refractivity contribution in [2.24, 2.45) is 0 Å². The summed E-state index contributed by atoms with van der Waals surface area (Å²) in [5.74, 6) is 0.737. The molecule has 16 heavy (non-hydrogen) atoms. The van der Waals surface area contributed by atoms with Crippen molar-refractivity contribution in [1.82, 2.24) is 4.90 Å². The molecule has 1 N–H and O–H groups in total. The summed E-state index contributed by atoms with van der Waals surface area (Å²) in [4.78, 5) is 1.92. The van der Waals surface area contributed by atoms with E-state index in [1.165, 1.54) is 0 Å². The molecular formula is C11H15Br2NO2. The van der Waals surface area contributed by atoms with E-state index in [4.69, 9.17) is 4.74 Å². The first-order chi connectivity index (χ1) is 7.49. The van der Waals surface area contributed by atoms with Crippen LogP contribution in [-0.2, 0) is 0 Å². The zero-order valence-corrected chi connectivity index (χ0v) is 12.5. The second kappa shape index (κ2) is 6.59. The third kappa shape index (κ3) is 4.82. The SMILES string of the molecule is CN(C)CC(O)COc1ccc(Br)cc1Br. The zero-order valence-electron chi connectivity index (χ0n) is 9.28. The summed E-state index contributed by atoms with van der Waals surface area (Å²) in [7, 11) is 3.83. The van der Waals surface area contributed by atoms with E-state index in [2.05, 4.69) is 31.9 Å². The molecule has 0 spiro atoms. The Bertz CT molecular complexity index is 345. The highest BCUT2D eigenvalue weighted by atomic mass is 79.9. The van der Waals surface area contributed by atoms with Gasteiger partial charge in [0.1, 0.15) is 18.5 Å². The van der Waals surface area contributed by atoms with Crippen LogP contribution in [0, 0.1) is 0 Å². The minimum atomic E-state index is -0.481. The van der Waals surface area contributed by atoms with Gasteiger partial charge in [-0.05, 0) is 48.2 Å². The van der Waals surface area contributed by atoms with Crippen LogP contribution in [0.25, 0.3) is 0 Å². The third-order valence-corrected chi connectivity index (χ3v) is 3.01. The Hall–Kier alpha value is -0.100. The number of benzene rings is 1. The molecule has 0 amide bonds. The molecular weight excluding hydrogens is 338 g/mol. The number of likely N-dealkylation sites (N-methyl/N-ethyl adjacent to an activating group) is 1. The summed E-state index contributed by atoms with van der Waals surface area (Å²) in [5, 5.41) is 9.64. The number of hydrogen-bond donors (Lipinski definition) is 1. The molecule has 1 aromatic rings. The fourth-order valence-electron chi connectivity index (χ4n) is 1.25. The van der Waals surface area contributed by atoms with Gasteiger partial charge in [0.15, 0.2) is 0 Å². The smallest absolute Gasteiger partial charge is 0.133 e. The van der Waals surface area contributed by atoms with Crippen LogP contribution in [0.2, 0.25) is 0 Å². The summed E-state index contributed by atoms with van der Waals surface area (Å²) in [6.45, 7) is 0.882. The molecule has 0 saturated heterocycles. The van der Waals surface area contributed by atoms with Gasteiger partial charge in [-0.15, -0.1) is 0 Å². The molecule has 1 rings (SSSR count). The van der Waals surface area contributed by atoms with E-state index in [1.807, 2.05) is 37.2 Å². The molecule has 0 aliphatic rings. The highest BCUT2D eigenvalue weighted by Crippen LogP contribution is 2.28. The van der Waals surface area contributed by atoms with Gasteiger partial charge in [-0.25, -0.2) is 0 Å². The Morgan fingerprint density at radius 3 is 2.62 bits per heavy atom. The van der Waals surface area contributed by atoms with E-state index in [0.29, 0.717) is 13.2 Å². The van der Waals surface area contributed by atoms with Crippen molar-refractivity contribution in [3.05, 3.63) is 27.1 Å². The topological polar surface area (TPSA) is 32.7 Å². The van der Waals surface area contributed by atoms with Crippen molar-refractivity contribution in [2.75, 3.05) is 27.2 Å². The summed E-state index contributed by atoms with van der Waals surface area (Å²) in [6.07, 6.45) is -0.481. The molecule has 0 radical (unpaired) electrons. The maximum absolute atomic E-state index is 9.64. The number of nitrogens with zero attached hydrogens (tertiary/aromatic N) is 1. The summed E-state index contributed by atoms with van der Waals surface area (Å²) in [5.41, 5.74) is 0. The van der Waals surface area contributed by atoms with Crippen LogP contribution in [0.4, 0.5) is 0 Å². The van der Waals surface area contributed by atoms with Gasteiger partial charge in [0.05, 0.1) is 4.47 Å². The largest absolute Gasteiger partial charge is 0.490 e. The minimum Gasteiger partial charge on any atom is -0.490 e. The molecule has 0 bridgehead atoms. The Morgan fingerprint density at radius 2 is 2.06 bits per heavy atom. The molecule has 0 aliphatic carbocycles. The Kier molecular flexibility index (Phi) is 5.75.